The monoisotopic (exact) mass is 277 g/mol. The van der Waals surface area contributed by atoms with Crippen LogP contribution in [0.15, 0.2) is 6.20 Å². The molecule has 0 bridgehead atoms. The first-order chi connectivity index (χ1) is 9.58. The molecule has 1 atom stereocenters. The summed E-state index contributed by atoms with van der Waals surface area (Å²) in [5.74, 6) is 1.37. The molecule has 0 aromatic carbocycles. The number of ketones is 1. The van der Waals surface area contributed by atoms with Crippen molar-refractivity contribution in [3.05, 3.63) is 23.0 Å². The minimum atomic E-state index is -0.256. The van der Waals surface area contributed by atoms with Crippen LogP contribution in [0.5, 0.6) is 5.75 Å². The zero-order valence-corrected chi connectivity index (χ0v) is 12.7. The van der Waals surface area contributed by atoms with Gasteiger partial charge in [0.2, 0.25) is 0 Å². The third-order valence-corrected chi connectivity index (χ3v) is 3.81. The van der Waals surface area contributed by atoms with E-state index in [-0.39, 0.29) is 11.9 Å². The first-order valence-electron chi connectivity index (χ1n) is 7.21. The maximum atomic E-state index is 12.4. The number of aromatic nitrogens is 1. The summed E-state index contributed by atoms with van der Waals surface area (Å²) in [5.41, 5.74) is 2.74. The van der Waals surface area contributed by atoms with Gasteiger partial charge in [-0.25, -0.2) is 0 Å². The normalized spacial score (nSPS) is 16.0. The molecule has 1 aliphatic carbocycles. The van der Waals surface area contributed by atoms with Crippen molar-refractivity contribution in [2.45, 2.75) is 46.1 Å². The fourth-order valence-corrected chi connectivity index (χ4v) is 2.59. The Morgan fingerprint density at radius 1 is 1.45 bits per heavy atom. The number of aryl methyl sites for hydroxylation is 1. The predicted octanol–water partition coefficient (Wildman–Crippen LogP) is 2.63. The summed E-state index contributed by atoms with van der Waals surface area (Å²) < 4.78 is 11.0. The number of hydrogen-bond acceptors (Lipinski definition) is 4. The van der Waals surface area contributed by atoms with E-state index in [4.69, 9.17) is 9.47 Å². The van der Waals surface area contributed by atoms with Crippen LogP contribution in [-0.2, 0) is 16.0 Å². The van der Waals surface area contributed by atoms with Gasteiger partial charge in [-0.2, -0.15) is 0 Å². The van der Waals surface area contributed by atoms with E-state index in [0.29, 0.717) is 18.9 Å². The highest BCUT2D eigenvalue weighted by Gasteiger charge is 2.36. The number of ether oxygens (including phenoxy) is 2. The molecule has 1 saturated carbocycles. The van der Waals surface area contributed by atoms with Crippen LogP contribution in [-0.4, -0.2) is 30.6 Å². The molecular formula is C16H23NO3. The van der Waals surface area contributed by atoms with Crippen molar-refractivity contribution in [3.8, 4) is 5.75 Å². The van der Waals surface area contributed by atoms with Crippen molar-refractivity contribution in [1.82, 2.24) is 4.98 Å². The number of carbonyl (C=O) groups excluding carboxylic acids is 1. The molecule has 0 saturated heterocycles. The molecule has 1 aromatic rings. The van der Waals surface area contributed by atoms with Crippen molar-refractivity contribution in [3.63, 3.8) is 0 Å². The van der Waals surface area contributed by atoms with E-state index in [1.807, 2.05) is 20.8 Å². The summed E-state index contributed by atoms with van der Waals surface area (Å²) in [6.45, 7) is 6.42. The van der Waals surface area contributed by atoms with E-state index >= 15 is 0 Å². The third kappa shape index (κ3) is 3.18. The van der Waals surface area contributed by atoms with Crippen LogP contribution in [0.2, 0.25) is 0 Å². The van der Waals surface area contributed by atoms with Gasteiger partial charge in [-0.1, -0.05) is 0 Å². The first kappa shape index (κ1) is 15.0. The lowest BCUT2D eigenvalue weighted by atomic mass is 10.0. The van der Waals surface area contributed by atoms with Crippen molar-refractivity contribution < 1.29 is 14.3 Å². The molecule has 0 aliphatic heterocycles. The van der Waals surface area contributed by atoms with Gasteiger partial charge in [0.05, 0.1) is 19.2 Å². The molecule has 2 rings (SSSR count). The maximum Gasteiger partial charge on any atom is 0.167 e. The van der Waals surface area contributed by atoms with E-state index in [1.165, 1.54) is 0 Å². The van der Waals surface area contributed by atoms with Gasteiger partial charge < -0.3 is 9.47 Å². The van der Waals surface area contributed by atoms with Gasteiger partial charge in [-0.15, -0.1) is 0 Å². The van der Waals surface area contributed by atoms with E-state index in [2.05, 4.69) is 4.98 Å². The summed E-state index contributed by atoms with van der Waals surface area (Å²) in [7, 11) is 1.65. The fraction of sp³-hybridized carbons (Fsp3) is 0.625. The van der Waals surface area contributed by atoms with Gasteiger partial charge in [-0.3, -0.25) is 9.78 Å². The number of nitrogens with zero attached hydrogens (tertiary/aromatic N) is 1. The van der Waals surface area contributed by atoms with Crippen molar-refractivity contribution in [2.24, 2.45) is 5.92 Å². The highest BCUT2D eigenvalue weighted by Crippen LogP contribution is 2.35. The average molecular weight is 277 g/mol. The largest absolute Gasteiger partial charge is 0.496 e. The molecule has 0 spiro atoms. The Kier molecular flexibility index (Phi) is 4.76. The number of Topliss-reactive ketones (excluding diaryl/α,β-unsaturated/α-hetero) is 1. The molecular weight excluding hydrogens is 254 g/mol. The fourth-order valence-electron chi connectivity index (χ4n) is 2.59. The van der Waals surface area contributed by atoms with E-state index in [9.17, 15) is 4.79 Å². The number of methoxy groups -OCH3 is 1. The zero-order valence-electron chi connectivity index (χ0n) is 12.7. The molecule has 1 aromatic heterocycles. The second-order valence-corrected chi connectivity index (χ2v) is 5.40. The smallest absolute Gasteiger partial charge is 0.167 e. The number of carbonyl (C=O) groups is 1. The highest BCUT2D eigenvalue weighted by atomic mass is 16.5. The molecule has 1 unspecified atom stereocenters. The molecule has 4 heteroatoms. The number of hydrogen-bond donors (Lipinski definition) is 0. The summed E-state index contributed by atoms with van der Waals surface area (Å²) in [6.07, 6.45) is 4.03. The lowest BCUT2D eigenvalue weighted by Crippen LogP contribution is -2.28. The quantitative estimate of drug-likeness (QED) is 0.768. The minimum Gasteiger partial charge on any atom is -0.496 e. The molecule has 1 heterocycles. The molecule has 1 aliphatic rings. The zero-order chi connectivity index (χ0) is 14.7. The molecule has 4 nitrogen and oxygen atoms in total. The van der Waals surface area contributed by atoms with E-state index in [1.54, 1.807) is 13.3 Å². The molecule has 1 fully saturated rings. The van der Waals surface area contributed by atoms with Gasteiger partial charge in [0.1, 0.15) is 11.9 Å². The second kappa shape index (κ2) is 6.35. The van der Waals surface area contributed by atoms with Gasteiger partial charge in [0, 0.05) is 23.9 Å². The second-order valence-electron chi connectivity index (χ2n) is 5.40. The number of pyridine rings is 1. The SMILES string of the molecule is CCOC(C(=O)Cc1ncc(C)c(OC)c1C)C1CC1. The summed E-state index contributed by atoms with van der Waals surface area (Å²) in [5, 5.41) is 0. The lowest BCUT2D eigenvalue weighted by molar-refractivity contribution is -0.131. The highest BCUT2D eigenvalue weighted by molar-refractivity contribution is 5.86. The van der Waals surface area contributed by atoms with Crippen LogP contribution in [0.25, 0.3) is 0 Å². The number of rotatable bonds is 7. The van der Waals surface area contributed by atoms with Crippen LogP contribution < -0.4 is 4.74 Å². The van der Waals surface area contributed by atoms with Crippen LogP contribution in [0.1, 0.15) is 36.6 Å². The Morgan fingerprint density at radius 3 is 2.70 bits per heavy atom. The Labute approximate surface area is 120 Å². The lowest BCUT2D eigenvalue weighted by Gasteiger charge is -2.16. The van der Waals surface area contributed by atoms with Gasteiger partial charge in [0.25, 0.3) is 0 Å². The summed E-state index contributed by atoms with van der Waals surface area (Å²) in [4.78, 5) is 16.8. The topological polar surface area (TPSA) is 48.4 Å². The molecule has 110 valence electrons. The van der Waals surface area contributed by atoms with Crippen LogP contribution in [0, 0.1) is 19.8 Å². The predicted molar refractivity (Wildman–Crippen MR) is 77.1 cm³/mol. The van der Waals surface area contributed by atoms with Crippen LogP contribution >= 0.6 is 0 Å². The molecule has 0 radical (unpaired) electrons. The third-order valence-electron chi connectivity index (χ3n) is 3.81. The van der Waals surface area contributed by atoms with Crippen LogP contribution in [0.3, 0.4) is 0 Å². The van der Waals surface area contributed by atoms with Gasteiger partial charge in [0.15, 0.2) is 5.78 Å². The van der Waals surface area contributed by atoms with E-state index < -0.39 is 0 Å². The Bertz CT molecular complexity index is 495. The molecule has 20 heavy (non-hydrogen) atoms. The van der Waals surface area contributed by atoms with Crippen molar-refractivity contribution in [1.29, 1.82) is 0 Å². The first-order valence-corrected chi connectivity index (χ1v) is 7.21. The Balaban J connectivity index is 2.14. The van der Waals surface area contributed by atoms with Gasteiger partial charge >= 0.3 is 0 Å². The Hall–Kier alpha value is -1.42. The van der Waals surface area contributed by atoms with Crippen molar-refractivity contribution >= 4 is 5.78 Å². The Morgan fingerprint density at radius 2 is 2.15 bits per heavy atom. The van der Waals surface area contributed by atoms with Crippen molar-refractivity contribution in [2.75, 3.05) is 13.7 Å². The average Bonchev–Trinajstić information content (AvgIpc) is 3.24. The van der Waals surface area contributed by atoms with E-state index in [0.717, 1.165) is 35.4 Å². The molecule has 0 amide bonds. The molecule has 0 N–H and O–H groups in total. The van der Waals surface area contributed by atoms with Gasteiger partial charge in [-0.05, 0) is 39.5 Å². The summed E-state index contributed by atoms with van der Waals surface area (Å²) in [6, 6.07) is 0. The van der Waals surface area contributed by atoms with Crippen LogP contribution in [0.4, 0.5) is 0 Å². The maximum absolute atomic E-state index is 12.4. The minimum absolute atomic E-state index is 0.135. The standard InChI is InChI=1S/C16H23NO3/c1-5-20-16(12-6-7-12)14(18)8-13-11(3)15(19-4)10(2)9-17-13/h9,12,16H,5-8H2,1-4H3. The summed E-state index contributed by atoms with van der Waals surface area (Å²) >= 11 is 0.